The molecule has 2 N–H and O–H groups in total. The van der Waals surface area contributed by atoms with E-state index >= 15 is 0 Å². The summed E-state index contributed by atoms with van der Waals surface area (Å²) in [4.78, 5) is 17.3. The summed E-state index contributed by atoms with van der Waals surface area (Å²) in [5, 5.41) is 0. The van der Waals surface area contributed by atoms with E-state index in [1.807, 2.05) is 29.2 Å². The molecule has 2 heterocycles. The van der Waals surface area contributed by atoms with E-state index in [1.54, 1.807) is 0 Å². The highest BCUT2D eigenvalue weighted by Crippen LogP contribution is 2.23. The zero-order chi connectivity index (χ0) is 14.7. The van der Waals surface area contributed by atoms with Gasteiger partial charge in [0, 0.05) is 31.2 Å². The van der Waals surface area contributed by atoms with Crippen LogP contribution in [0.5, 0.6) is 0 Å². The summed E-state index contributed by atoms with van der Waals surface area (Å²) in [7, 11) is 0. The van der Waals surface area contributed by atoms with Gasteiger partial charge < -0.3 is 10.6 Å². The number of nitrogens with two attached hydrogens (primary N) is 1. The van der Waals surface area contributed by atoms with E-state index in [9.17, 15) is 4.79 Å². The predicted molar refractivity (Wildman–Crippen MR) is 82.9 cm³/mol. The number of carbonyl (C=O) groups excluding carboxylic acids is 1. The Bertz CT molecular complexity index is 587. The third-order valence-corrected chi connectivity index (χ3v) is 4.36. The molecule has 21 heavy (non-hydrogen) atoms. The van der Waals surface area contributed by atoms with Crippen LogP contribution in [0.15, 0.2) is 24.3 Å². The Morgan fingerprint density at radius 2 is 2.14 bits per heavy atom. The van der Waals surface area contributed by atoms with Gasteiger partial charge in [-0.2, -0.15) is 0 Å². The molecule has 2 aliphatic rings. The van der Waals surface area contributed by atoms with Crippen LogP contribution in [-0.4, -0.2) is 54.5 Å². The van der Waals surface area contributed by atoms with Crippen molar-refractivity contribution in [3.8, 4) is 11.8 Å². The van der Waals surface area contributed by atoms with Crippen LogP contribution in [0, 0.1) is 11.8 Å². The lowest BCUT2D eigenvalue weighted by Gasteiger charge is -2.37. The molecule has 4 heteroatoms. The number of piperazine rings is 1. The standard InChI is InChI=1S/C17H21N3O/c18-9-3-6-14-5-1-2-8-16(14)17(21)20-12-11-19-10-4-7-15(19)13-20/h1-2,5,8,15H,4,7,9-13,18H2. The molecule has 0 bridgehead atoms. The molecular formula is C17H21N3O. The zero-order valence-corrected chi connectivity index (χ0v) is 12.2. The normalized spacial score (nSPS) is 21.6. The van der Waals surface area contributed by atoms with Crippen LogP contribution in [0.25, 0.3) is 0 Å². The number of benzene rings is 1. The second kappa shape index (κ2) is 6.30. The SMILES string of the molecule is NCC#Cc1ccccc1C(=O)N1CCN2CCCC2C1. The minimum absolute atomic E-state index is 0.100. The van der Waals surface area contributed by atoms with E-state index in [2.05, 4.69) is 16.7 Å². The fourth-order valence-electron chi connectivity index (χ4n) is 3.27. The second-order valence-corrected chi connectivity index (χ2v) is 5.63. The van der Waals surface area contributed by atoms with Gasteiger partial charge in [0.1, 0.15) is 0 Å². The van der Waals surface area contributed by atoms with Gasteiger partial charge in [0.15, 0.2) is 0 Å². The van der Waals surface area contributed by atoms with Crippen LogP contribution in [-0.2, 0) is 0 Å². The van der Waals surface area contributed by atoms with Gasteiger partial charge in [-0.05, 0) is 31.5 Å². The lowest BCUT2D eigenvalue weighted by atomic mass is 10.0. The summed E-state index contributed by atoms with van der Waals surface area (Å²) in [6.45, 7) is 4.15. The number of carbonyl (C=O) groups is 1. The van der Waals surface area contributed by atoms with Crippen molar-refractivity contribution in [3.63, 3.8) is 0 Å². The zero-order valence-electron chi connectivity index (χ0n) is 12.2. The van der Waals surface area contributed by atoms with Crippen LogP contribution in [0.1, 0.15) is 28.8 Å². The van der Waals surface area contributed by atoms with Crippen LogP contribution in [0.4, 0.5) is 0 Å². The van der Waals surface area contributed by atoms with Crippen molar-refractivity contribution in [2.45, 2.75) is 18.9 Å². The average molecular weight is 283 g/mol. The van der Waals surface area contributed by atoms with Gasteiger partial charge in [-0.25, -0.2) is 0 Å². The summed E-state index contributed by atoms with van der Waals surface area (Å²) in [5.41, 5.74) is 6.91. The Kier molecular flexibility index (Phi) is 4.23. The monoisotopic (exact) mass is 283 g/mol. The van der Waals surface area contributed by atoms with Crippen LogP contribution < -0.4 is 5.73 Å². The Morgan fingerprint density at radius 1 is 1.29 bits per heavy atom. The Labute approximate surface area is 125 Å². The summed E-state index contributed by atoms with van der Waals surface area (Å²) in [6, 6.07) is 8.11. The molecule has 3 rings (SSSR count). The number of hydrogen-bond acceptors (Lipinski definition) is 3. The van der Waals surface area contributed by atoms with Crippen molar-refractivity contribution >= 4 is 5.91 Å². The summed E-state index contributed by atoms with van der Waals surface area (Å²) >= 11 is 0. The number of nitrogens with zero attached hydrogens (tertiary/aromatic N) is 2. The van der Waals surface area contributed by atoms with Crippen molar-refractivity contribution in [2.75, 3.05) is 32.7 Å². The molecule has 0 aromatic heterocycles. The molecule has 0 saturated carbocycles. The fourth-order valence-corrected chi connectivity index (χ4v) is 3.27. The van der Waals surface area contributed by atoms with Crippen molar-refractivity contribution < 1.29 is 4.79 Å². The van der Waals surface area contributed by atoms with E-state index in [0.29, 0.717) is 18.2 Å². The maximum absolute atomic E-state index is 12.8. The highest BCUT2D eigenvalue weighted by atomic mass is 16.2. The van der Waals surface area contributed by atoms with Crippen molar-refractivity contribution in [2.24, 2.45) is 5.73 Å². The lowest BCUT2D eigenvalue weighted by molar-refractivity contribution is 0.0571. The minimum Gasteiger partial charge on any atom is -0.336 e. The van der Waals surface area contributed by atoms with Crippen LogP contribution in [0.3, 0.4) is 0 Å². The maximum atomic E-state index is 12.8. The number of fused-ring (bicyclic) bond motifs is 1. The first-order valence-corrected chi connectivity index (χ1v) is 7.61. The summed E-state index contributed by atoms with van der Waals surface area (Å²) in [6.07, 6.45) is 2.46. The lowest BCUT2D eigenvalue weighted by Crippen LogP contribution is -2.52. The molecular weight excluding hydrogens is 262 g/mol. The van der Waals surface area contributed by atoms with E-state index in [-0.39, 0.29) is 5.91 Å². The third-order valence-electron chi connectivity index (χ3n) is 4.36. The first-order valence-electron chi connectivity index (χ1n) is 7.61. The molecule has 0 aliphatic carbocycles. The Morgan fingerprint density at radius 3 is 3.00 bits per heavy atom. The largest absolute Gasteiger partial charge is 0.336 e. The topological polar surface area (TPSA) is 49.6 Å². The third kappa shape index (κ3) is 2.94. The fraction of sp³-hybridized carbons (Fsp3) is 0.471. The van der Waals surface area contributed by atoms with E-state index in [4.69, 9.17) is 5.73 Å². The van der Waals surface area contributed by atoms with Crippen LogP contribution >= 0.6 is 0 Å². The number of hydrogen-bond donors (Lipinski definition) is 1. The van der Waals surface area contributed by atoms with Gasteiger partial charge in [0.2, 0.25) is 0 Å². The van der Waals surface area contributed by atoms with Gasteiger partial charge in [-0.1, -0.05) is 24.0 Å². The Hall–Kier alpha value is -1.83. The molecule has 4 nitrogen and oxygen atoms in total. The van der Waals surface area contributed by atoms with Gasteiger partial charge in [-0.3, -0.25) is 9.69 Å². The first-order chi connectivity index (χ1) is 10.3. The van der Waals surface area contributed by atoms with Crippen molar-refractivity contribution in [1.82, 2.24) is 9.80 Å². The van der Waals surface area contributed by atoms with Crippen molar-refractivity contribution in [1.29, 1.82) is 0 Å². The highest BCUT2D eigenvalue weighted by molar-refractivity contribution is 5.96. The molecule has 1 aromatic carbocycles. The summed E-state index contributed by atoms with van der Waals surface area (Å²) in [5.74, 6) is 5.95. The van der Waals surface area contributed by atoms with Crippen LogP contribution in [0.2, 0.25) is 0 Å². The number of rotatable bonds is 1. The number of amides is 1. The van der Waals surface area contributed by atoms with Gasteiger partial charge in [0.05, 0.1) is 12.1 Å². The summed E-state index contributed by atoms with van der Waals surface area (Å²) < 4.78 is 0. The molecule has 1 atom stereocenters. The molecule has 2 saturated heterocycles. The smallest absolute Gasteiger partial charge is 0.255 e. The van der Waals surface area contributed by atoms with E-state index in [1.165, 1.54) is 19.4 Å². The molecule has 0 radical (unpaired) electrons. The molecule has 0 spiro atoms. The Balaban J connectivity index is 1.79. The molecule has 2 fully saturated rings. The molecule has 1 aromatic rings. The quantitative estimate of drug-likeness (QED) is 0.780. The van der Waals surface area contributed by atoms with Gasteiger partial charge in [0.25, 0.3) is 5.91 Å². The minimum atomic E-state index is 0.100. The van der Waals surface area contributed by atoms with Gasteiger partial charge >= 0.3 is 0 Å². The molecule has 1 unspecified atom stereocenters. The first kappa shape index (κ1) is 14.1. The second-order valence-electron chi connectivity index (χ2n) is 5.63. The van der Waals surface area contributed by atoms with Gasteiger partial charge in [-0.15, -0.1) is 0 Å². The predicted octanol–water partition coefficient (Wildman–Crippen LogP) is 0.917. The van der Waals surface area contributed by atoms with E-state index in [0.717, 1.165) is 25.2 Å². The molecule has 2 aliphatic heterocycles. The maximum Gasteiger partial charge on any atom is 0.255 e. The average Bonchev–Trinajstić information content (AvgIpc) is 3.00. The molecule has 1 amide bonds. The highest BCUT2D eigenvalue weighted by Gasteiger charge is 2.33. The van der Waals surface area contributed by atoms with Crippen molar-refractivity contribution in [3.05, 3.63) is 35.4 Å². The molecule has 110 valence electrons. The van der Waals surface area contributed by atoms with E-state index < -0.39 is 0 Å².